The average Bonchev–Trinajstić information content (AvgIpc) is 0.782. The van der Waals surface area contributed by atoms with Crippen molar-refractivity contribution >= 4 is 5.91 Å². The highest BCUT2D eigenvalue weighted by Gasteiger charge is 2.54. The molecule has 0 saturated carbocycles. The lowest BCUT2D eigenvalue weighted by atomic mass is 9.96. The Labute approximate surface area is 650 Å². The van der Waals surface area contributed by atoms with Crippen LogP contribution in [-0.4, -0.2) is 193 Å². The number of allylic oxidation sites excluding steroid dienone is 7. The molecule has 3 aliphatic heterocycles. The van der Waals surface area contributed by atoms with Gasteiger partial charge in [-0.25, -0.2) is 0 Å². The fourth-order valence-electron chi connectivity index (χ4n) is 15.0. The third-order valence-corrected chi connectivity index (χ3v) is 22.1. The van der Waals surface area contributed by atoms with Gasteiger partial charge in [-0.2, -0.15) is 0 Å². The van der Waals surface area contributed by atoms with Gasteiger partial charge in [0.2, 0.25) is 5.91 Å². The molecule has 0 aromatic heterocycles. The van der Waals surface area contributed by atoms with Gasteiger partial charge < -0.3 is 89.9 Å². The van der Waals surface area contributed by atoms with Crippen LogP contribution in [0.1, 0.15) is 373 Å². The smallest absolute Gasteiger partial charge is 0.220 e. The van der Waals surface area contributed by atoms with E-state index in [2.05, 4.69) is 55.6 Å². The van der Waals surface area contributed by atoms with E-state index in [4.69, 9.17) is 28.4 Å². The first-order valence-corrected chi connectivity index (χ1v) is 44.4. The van der Waals surface area contributed by atoms with Crippen LogP contribution in [0.2, 0.25) is 0 Å². The SMILES string of the molecule is CCCCCCC/C=C\C/C=C\C/C=C\CCCCCCCCCCCCCCCCCCCCC(=O)NC(COC1OC(CO)C(OC2OC(CO)C(OC3OC(CO)C(O)C(O)C3O)C(O)C2O)C(O)C1O)C(O)/C=C/CCCCCCCCCCCCCCCCCCCCCCCCCCCCC. The molecule has 3 aliphatic rings. The summed E-state index contributed by atoms with van der Waals surface area (Å²) < 4.78 is 34.5. The van der Waals surface area contributed by atoms with Crippen molar-refractivity contribution in [1.29, 1.82) is 0 Å². The maximum Gasteiger partial charge on any atom is 0.220 e. The van der Waals surface area contributed by atoms with Crippen molar-refractivity contribution < 1.29 is 89.4 Å². The number of ether oxygens (including phenoxy) is 6. The van der Waals surface area contributed by atoms with Gasteiger partial charge in [0, 0.05) is 6.42 Å². The highest BCUT2D eigenvalue weighted by Crippen LogP contribution is 2.34. The molecule has 0 radical (unpaired) electrons. The fraction of sp³-hybridized carbons (Fsp3) is 0.898. The summed E-state index contributed by atoms with van der Waals surface area (Å²) in [6, 6.07) is -0.975. The Morgan fingerprint density at radius 3 is 0.963 bits per heavy atom. The minimum atomic E-state index is -1.98. The largest absolute Gasteiger partial charge is 0.394 e. The molecule has 0 aliphatic carbocycles. The number of hydrogen-bond donors (Lipinski definition) is 12. The molecule has 1 amide bonds. The van der Waals surface area contributed by atoms with E-state index in [0.717, 1.165) is 57.8 Å². The number of aliphatic hydroxyl groups excluding tert-OH is 11. The minimum Gasteiger partial charge on any atom is -0.394 e. The van der Waals surface area contributed by atoms with Crippen molar-refractivity contribution in [3.05, 3.63) is 48.6 Å². The number of hydrogen-bond acceptors (Lipinski definition) is 18. The van der Waals surface area contributed by atoms with Gasteiger partial charge in [-0.05, 0) is 57.8 Å². The molecular weight excluding hydrogens is 1360 g/mol. The van der Waals surface area contributed by atoms with E-state index in [0.29, 0.717) is 6.42 Å². The van der Waals surface area contributed by atoms with Crippen molar-refractivity contribution in [2.45, 2.75) is 478 Å². The van der Waals surface area contributed by atoms with Crippen LogP contribution in [0.4, 0.5) is 0 Å². The molecule has 3 saturated heterocycles. The zero-order valence-corrected chi connectivity index (χ0v) is 67.6. The van der Waals surface area contributed by atoms with Crippen molar-refractivity contribution in [2.75, 3.05) is 26.4 Å². The Morgan fingerprint density at radius 2 is 0.617 bits per heavy atom. The number of nitrogens with one attached hydrogen (secondary N) is 1. The number of rotatable bonds is 72. The van der Waals surface area contributed by atoms with E-state index in [9.17, 15) is 61.0 Å². The van der Waals surface area contributed by atoms with Crippen molar-refractivity contribution in [2.24, 2.45) is 0 Å². The molecule has 3 heterocycles. The van der Waals surface area contributed by atoms with Crippen LogP contribution >= 0.6 is 0 Å². The van der Waals surface area contributed by atoms with Crippen LogP contribution < -0.4 is 5.32 Å². The Balaban J connectivity index is 1.34. The molecule has 3 fully saturated rings. The number of unbranched alkanes of at least 4 members (excludes halogenated alkanes) is 50. The van der Waals surface area contributed by atoms with Gasteiger partial charge in [0.05, 0.1) is 38.6 Å². The molecule has 17 unspecified atom stereocenters. The van der Waals surface area contributed by atoms with Crippen LogP contribution in [0.25, 0.3) is 0 Å². The predicted octanol–water partition coefficient (Wildman–Crippen LogP) is 16.4. The summed E-state index contributed by atoms with van der Waals surface area (Å²) in [5, 5.41) is 121. The van der Waals surface area contributed by atoms with Crippen molar-refractivity contribution in [3.63, 3.8) is 0 Å². The fourth-order valence-corrected chi connectivity index (χ4v) is 15.0. The Kier molecular flexibility index (Phi) is 63.0. The number of amides is 1. The van der Waals surface area contributed by atoms with Gasteiger partial charge in [-0.3, -0.25) is 4.79 Å². The van der Waals surface area contributed by atoms with Gasteiger partial charge in [-0.1, -0.05) is 358 Å². The Bertz CT molecular complexity index is 2120. The molecule has 0 bridgehead atoms. The topological polar surface area (TPSA) is 307 Å². The lowest BCUT2D eigenvalue weighted by molar-refractivity contribution is -0.379. The summed E-state index contributed by atoms with van der Waals surface area (Å²) in [6.07, 6.45) is 61.1. The summed E-state index contributed by atoms with van der Waals surface area (Å²) in [6.45, 7) is 1.79. The number of carbonyl (C=O) groups is 1. The van der Waals surface area contributed by atoms with Crippen molar-refractivity contribution in [1.82, 2.24) is 5.32 Å². The van der Waals surface area contributed by atoms with Gasteiger partial charge in [0.25, 0.3) is 0 Å². The summed E-state index contributed by atoms with van der Waals surface area (Å²) in [5.41, 5.74) is 0. The highest BCUT2D eigenvalue weighted by molar-refractivity contribution is 5.76. The average molecular weight is 1520 g/mol. The maximum absolute atomic E-state index is 13.5. The standard InChI is InChI=1S/C88H163NO18/c1-3-5-7-9-11-13-15-17-19-21-23-25-27-29-31-33-34-35-36-38-40-42-44-46-48-50-52-54-56-58-60-62-64-66-76(94)89-71(72(93)65-63-61-59-57-55-53-51-49-47-45-43-41-39-37-32-30-28-26-24-22-20-18-16-14-12-10-8-6-4-2)70-102-86-82(100)79(97)84(74(68-91)104-86)107-88-83(101)80(98)85(75(69-92)105-88)106-87-81(99)78(96)77(95)73(67-90)103-87/h15,17,21,23,27,29,63,65,71-75,77-88,90-93,95-101H,3-14,16,18-20,22,24-26,28,30-62,64,66-70H2,1-2H3,(H,89,94)/b17-15-,23-21-,29-27-,65-63+. The van der Waals surface area contributed by atoms with Crippen LogP contribution in [-0.2, 0) is 33.2 Å². The van der Waals surface area contributed by atoms with Gasteiger partial charge in [0.1, 0.15) is 73.2 Å². The second kappa shape index (κ2) is 68.2. The summed E-state index contributed by atoms with van der Waals surface area (Å²) in [7, 11) is 0. The predicted molar refractivity (Wildman–Crippen MR) is 429 cm³/mol. The summed E-state index contributed by atoms with van der Waals surface area (Å²) in [5.74, 6) is -0.269. The number of aliphatic hydroxyl groups is 11. The third-order valence-electron chi connectivity index (χ3n) is 22.1. The highest BCUT2D eigenvalue weighted by atomic mass is 16.8. The van der Waals surface area contributed by atoms with Crippen molar-refractivity contribution in [3.8, 4) is 0 Å². The lowest BCUT2D eigenvalue weighted by Crippen LogP contribution is -2.66. The Hall–Kier alpha value is -2.25. The summed E-state index contributed by atoms with van der Waals surface area (Å²) in [4.78, 5) is 13.5. The third kappa shape index (κ3) is 47.3. The van der Waals surface area contributed by atoms with Crippen LogP contribution in [0.3, 0.4) is 0 Å². The molecule has 628 valence electrons. The molecule has 0 aromatic rings. The molecule has 107 heavy (non-hydrogen) atoms. The first kappa shape index (κ1) is 98.9. The maximum atomic E-state index is 13.5. The van der Waals surface area contributed by atoms with Crippen LogP contribution in [0.15, 0.2) is 48.6 Å². The molecule has 0 aromatic carbocycles. The lowest BCUT2D eigenvalue weighted by Gasteiger charge is -2.48. The van der Waals surface area contributed by atoms with E-state index >= 15 is 0 Å². The first-order chi connectivity index (χ1) is 52.3. The summed E-state index contributed by atoms with van der Waals surface area (Å²) >= 11 is 0. The molecular formula is C88H163NO18. The molecule has 12 N–H and O–H groups in total. The monoisotopic (exact) mass is 1520 g/mol. The second-order valence-corrected chi connectivity index (χ2v) is 31.7. The molecule has 0 spiro atoms. The van der Waals surface area contributed by atoms with Gasteiger partial charge >= 0.3 is 0 Å². The number of carbonyl (C=O) groups excluding carboxylic acids is 1. The normalized spacial score (nSPS) is 25.7. The minimum absolute atomic E-state index is 0.245. The zero-order valence-electron chi connectivity index (χ0n) is 67.6. The second-order valence-electron chi connectivity index (χ2n) is 31.7. The molecule has 3 rings (SSSR count). The molecule has 17 atom stereocenters. The van der Waals surface area contributed by atoms with Crippen LogP contribution in [0, 0.1) is 0 Å². The molecule has 19 nitrogen and oxygen atoms in total. The molecule has 19 heteroatoms. The van der Waals surface area contributed by atoms with Gasteiger partial charge in [-0.15, -0.1) is 0 Å². The van der Waals surface area contributed by atoms with E-state index in [-0.39, 0.29) is 18.9 Å². The quantitative estimate of drug-likeness (QED) is 0.0199. The zero-order chi connectivity index (χ0) is 77.4. The van der Waals surface area contributed by atoms with Gasteiger partial charge in [0.15, 0.2) is 18.9 Å². The van der Waals surface area contributed by atoms with E-state index in [1.165, 1.54) is 289 Å². The van der Waals surface area contributed by atoms with E-state index in [1.807, 2.05) is 6.08 Å². The Morgan fingerprint density at radius 1 is 0.336 bits per heavy atom. The van der Waals surface area contributed by atoms with Crippen LogP contribution in [0.5, 0.6) is 0 Å². The van der Waals surface area contributed by atoms with E-state index < -0.39 is 124 Å². The first-order valence-electron chi connectivity index (χ1n) is 44.4. The van der Waals surface area contributed by atoms with E-state index in [1.54, 1.807) is 6.08 Å².